The quantitative estimate of drug-likeness (QED) is 0.946. The first kappa shape index (κ1) is 13.2. The molecule has 0 radical (unpaired) electrons. The summed E-state index contributed by atoms with van der Waals surface area (Å²) < 4.78 is 0.830. The fourth-order valence-electron chi connectivity index (χ4n) is 1.48. The SMILES string of the molecule is N#Cc1ccc(CNC(=O)c2ccc(Br)cn2)cc1. The average Bonchev–Trinajstić information content (AvgIpc) is 2.46. The van der Waals surface area contributed by atoms with Crippen LogP contribution in [0, 0.1) is 11.3 Å². The number of hydrogen-bond acceptors (Lipinski definition) is 3. The van der Waals surface area contributed by atoms with Crippen LogP contribution in [-0.4, -0.2) is 10.9 Å². The Balaban J connectivity index is 1.96. The van der Waals surface area contributed by atoms with E-state index in [9.17, 15) is 4.79 Å². The summed E-state index contributed by atoms with van der Waals surface area (Å²) in [6.45, 7) is 0.405. The number of carbonyl (C=O) groups is 1. The molecule has 2 rings (SSSR count). The van der Waals surface area contributed by atoms with Gasteiger partial charge in [-0.15, -0.1) is 0 Å². The minimum absolute atomic E-state index is 0.225. The van der Waals surface area contributed by atoms with Crippen LogP contribution in [0.5, 0.6) is 0 Å². The van der Waals surface area contributed by atoms with E-state index >= 15 is 0 Å². The molecule has 1 aromatic heterocycles. The number of nitriles is 1. The van der Waals surface area contributed by atoms with Crippen molar-refractivity contribution in [1.82, 2.24) is 10.3 Å². The number of benzene rings is 1. The first-order valence-corrected chi connectivity index (χ1v) is 6.37. The van der Waals surface area contributed by atoms with E-state index in [1.807, 2.05) is 18.2 Å². The number of aromatic nitrogens is 1. The second-order valence-corrected chi connectivity index (χ2v) is 4.77. The number of rotatable bonds is 3. The van der Waals surface area contributed by atoms with Crippen LogP contribution in [0.4, 0.5) is 0 Å². The minimum Gasteiger partial charge on any atom is -0.347 e. The van der Waals surface area contributed by atoms with Crippen molar-refractivity contribution in [2.24, 2.45) is 0 Å². The lowest BCUT2D eigenvalue weighted by Gasteiger charge is -2.05. The Labute approximate surface area is 119 Å². The van der Waals surface area contributed by atoms with Crippen molar-refractivity contribution in [2.75, 3.05) is 0 Å². The van der Waals surface area contributed by atoms with E-state index in [2.05, 4.69) is 26.2 Å². The molecule has 0 atom stereocenters. The van der Waals surface area contributed by atoms with Gasteiger partial charge in [-0.2, -0.15) is 5.26 Å². The number of pyridine rings is 1. The van der Waals surface area contributed by atoms with Gasteiger partial charge in [-0.05, 0) is 45.8 Å². The zero-order valence-corrected chi connectivity index (χ0v) is 11.5. The normalized spacial score (nSPS) is 9.68. The maximum Gasteiger partial charge on any atom is 0.270 e. The highest BCUT2D eigenvalue weighted by molar-refractivity contribution is 9.10. The Bertz CT molecular complexity index is 615. The molecule has 1 amide bonds. The van der Waals surface area contributed by atoms with E-state index in [0.29, 0.717) is 17.8 Å². The maximum absolute atomic E-state index is 11.8. The first-order valence-electron chi connectivity index (χ1n) is 5.58. The van der Waals surface area contributed by atoms with Gasteiger partial charge in [0.25, 0.3) is 5.91 Å². The Morgan fingerprint density at radius 1 is 1.26 bits per heavy atom. The molecule has 0 unspecified atom stereocenters. The van der Waals surface area contributed by atoms with Crippen molar-refractivity contribution >= 4 is 21.8 Å². The second kappa shape index (κ2) is 6.12. The molecule has 5 heteroatoms. The van der Waals surface area contributed by atoms with Gasteiger partial charge in [-0.1, -0.05) is 12.1 Å². The van der Waals surface area contributed by atoms with Gasteiger partial charge in [-0.25, -0.2) is 4.98 Å². The molecule has 4 nitrogen and oxygen atoms in total. The van der Waals surface area contributed by atoms with Gasteiger partial charge in [-0.3, -0.25) is 4.79 Å². The molecule has 0 aliphatic heterocycles. The van der Waals surface area contributed by atoms with Crippen molar-refractivity contribution in [3.63, 3.8) is 0 Å². The second-order valence-electron chi connectivity index (χ2n) is 3.85. The Morgan fingerprint density at radius 2 is 2.00 bits per heavy atom. The summed E-state index contributed by atoms with van der Waals surface area (Å²) in [5.41, 5.74) is 1.91. The highest BCUT2D eigenvalue weighted by Crippen LogP contribution is 2.08. The van der Waals surface area contributed by atoms with Crippen LogP contribution in [0.3, 0.4) is 0 Å². The molecule has 0 fully saturated rings. The molecule has 1 aromatic carbocycles. The zero-order chi connectivity index (χ0) is 13.7. The summed E-state index contributed by atoms with van der Waals surface area (Å²) in [7, 11) is 0. The fraction of sp³-hybridized carbons (Fsp3) is 0.0714. The van der Waals surface area contributed by atoms with Gasteiger partial charge in [0.1, 0.15) is 5.69 Å². The number of hydrogen-bond donors (Lipinski definition) is 1. The molecule has 2 aromatic rings. The molecule has 0 aliphatic carbocycles. The molecule has 94 valence electrons. The number of nitrogens with one attached hydrogen (secondary N) is 1. The highest BCUT2D eigenvalue weighted by atomic mass is 79.9. The van der Waals surface area contributed by atoms with Gasteiger partial charge >= 0.3 is 0 Å². The number of carbonyl (C=O) groups excluding carboxylic acids is 1. The molecule has 1 N–H and O–H groups in total. The third kappa shape index (κ3) is 3.63. The molecule has 0 aliphatic rings. The predicted molar refractivity (Wildman–Crippen MR) is 74.3 cm³/mol. The van der Waals surface area contributed by atoms with Gasteiger partial charge in [0.2, 0.25) is 0 Å². The van der Waals surface area contributed by atoms with Gasteiger partial charge < -0.3 is 5.32 Å². The number of nitrogens with zero attached hydrogens (tertiary/aromatic N) is 2. The molecule has 0 bridgehead atoms. The molecule has 19 heavy (non-hydrogen) atoms. The minimum atomic E-state index is -0.225. The average molecular weight is 316 g/mol. The van der Waals surface area contributed by atoms with Crippen LogP contribution >= 0.6 is 15.9 Å². The lowest BCUT2D eigenvalue weighted by atomic mass is 10.1. The van der Waals surface area contributed by atoms with E-state index in [4.69, 9.17) is 5.26 Å². The molecule has 0 saturated heterocycles. The van der Waals surface area contributed by atoms with Gasteiger partial charge in [0, 0.05) is 17.2 Å². The van der Waals surface area contributed by atoms with Crippen LogP contribution < -0.4 is 5.32 Å². The van der Waals surface area contributed by atoms with E-state index < -0.39 is 0 Å². The van der Waals surface area contributed by atoms with Crippen LogP contribution in [0.15, 0.2) is 47.1 Å². The molecule has 0 saturated carbocycles. The topological polar surface area (TPSA) is 65.8 Å². The lowest BCUT2D eigenvalue weighted by molar-refractivity contribution is 0.0946. The van der Waals surface area contributed by atoms with Gasteiger partial charge in [0.15, 0.2) is 0 Å². The van der Waals surface area contributed by atoms with Crippen molar-refractivity contribution in [3.05, 3.63) is 63.9 Å². The summed E-state index contributed by atoms with van der Waals surface area (Å²) in [4.78, 5) is 15.8. The Hall–Kier alpha value is -2.19. The van der Waals surface area contributed by atoms with E-state index in [1.54, 1.807) is 30.5 Å². The molecular weight excluding hydrogens is 306 g/mol. The smallest absolute Gasteiger partial charge is 0.270 e. The first-order chi connectivity index (χ1) is 9.19. The van der Waals surface area contributed by atoms with Crippen molar-refractivity contribution in [3.8, 4) is 6.07 Å². The molecular formula is C14H10BrN3O. The Kier molecular flexibility index (Phi) is 4.26. The summed E-state index contributed by atoms with van der Waals surface area (Å²) in [5.74, 6) is -0.225. The summed E-state index contributed by atoms with van der Waals surface area (Å²) >= 11 is 3.26. The van der Waals surface area contributed by atoms with E-state index in [1.165, 1.54) is 0 Å². The summed E-state index contributed by atoms with van der Waals surface area (Å²) in [6.07, 6.45) is 1.58. The summed E-state index contributed by atoms with van der Waals surface area (Å²) in [6, 6.07) is 12.5. The van der Waals surface area contributed by atoms with Crippen LogP contribution in [0.25, 0.3) is 0 Å². The zero-order valence-electron chi connectivity index (χ0n) is 9.93. The third-order valence-electron chi connectivity index (χ3n) is 2.50. The third-order valence-corrected chi connectivity index (χ3v) is 2.97. The van der Waals surface area contributed by atoms with Crippen molar-refractivity contribution < 1.29 is 4.79 Å². The largest absolute Gasteiger partial charge is 0.347 e. The van der Waals surface area contributed by atoms with Gasteiger partial charge in [0.05, 0.1) is 11.6 Å². The molecule has 1 heterocycles. The van der Waals surface area contributed by atoms with Crippen LogP contribution in [0.2, 0.25) is 0 Å². The number of amides is 1. The van der Waals surface area contributed by atoms with Crippen LogP contribution in [0.1, 0.15) is 21.6 Å². The standard InChI is InChI=1S/C14H10BrN3O/c15-12-5-6-13(17-9-12)14(19)18-8-11-3-1-10(7-16)2-4-11/h1-6,9H,8H2,(H,18,19). The predicted octanol–water partition coefficient (Wildman–Crippen LogP) is 2.65. The van der Waals surface area contributed by atoms with Crippen molar-refractivity contribution in [2.45, 2.75) is 6.54 Å². The van der Waals surface area contributed by atoms with E-state index in [-0.39, 0.29) is 5.91 Å². The monoisotopic (exact) mass is 315 g/mol. The summed E-state index contributed by atoms with van der Waals surface area (Å²) in [5, 5.41) is 11.5. The van der Waals surface area contributed by atoms with Crippen LogP contribution in [-0.2, 0) is 6.54 Å². The maximum atomic E-state index is 11.8. The van der Waals surface area contributed by atoms with E-state index in [0.717, 1.165) is 10.0 Å². The highest BCUT2D eigenvalue weighted by Gasteiger charge is 2.06. The van der Waals surface area contributed by atoms with Crippen molar-refractivity contribution in [1.29, 1.82) is 5.26 Å². The lowest BCUT2D eigenvalue weighted by Crippen LogP contribution is -2.23. The molecule has 0 spiro atoms. The fourth-order valence-corrected chi connectivity index (χ4v) is 1.71. The Morgan fingerprint density at radius 3 is 2.58 bits per heavy atom. The number of halogens is 1.